The number of aromatic nitrogens is 3. The molecule has 1 unspecified atom stereocenters. The fraction of sp³-hybridized carbons (Fsp3) is 0.300. The lowest BCUT2D eigenvalue weighted by Gasteiger charge is -2.11. The highest BCUT2D eigenvalue weighted by atomic mass is 16.5. The highest BCUT2D eigenvalue weighted by Crippen LogP contribution is 2.28. The lowest BCUT2D eigenvalue weighted by atomic mass is 10.1. The number of nitrogens with one attached hydrogen (secondary N) is 1. The molecule has 0 amide bonds. The van der Waals surface area contributed by atoms with E-state index in [1.807, 2.05) is 24.4 Å². The van der Waals surface area contributed by atoms with Crippen LogP contribution < -0.4 is 20.5 Å². The number of rotatable bonds is 3. The van der Waals surface area contributed by atoms with E-state index in [4.69, 9.17) is 15.2 Å². The Labute approximate surface area is 157 Å². The number of nitrogen functional groups attached to an aromatic ring is 1. The van der Waals surface area contributed by atoms with E-state index in [0.29, 0.717) is 23.4 Å². The molecule has 1 aliphatic rings. The van der Waals surface area contributed by atoms with Crippen LogP contribution in [0.2, 0.25) is 0 Å². The quantitative estimate of drug-likeness (QED) is 0.692. The van der Waals surface area contributed by atoms with E-state index in [9.17, 15) is 0 Å². The molecule has 7 heteroatoms. The summed E-state index contributed by atoms with van der Waals surface area (Å²) in [6.07, 6.45) is 4.58. The van der Waals surface area contributed by atoms with Crippen LogP contribution in [0.4, 0.5) is 5.82 Å². The molecule has 4 rings (SSSR count). The second-order valence-corrected chi connectivity index (χ2v) is 6.41. The van der Waals surface area contributed by atoms with Gasteiger partial charge in [-0.3, -0.25) is 0 Å². The molecule has 2 aromatic heterocycles. The van der Waals surface area contributed by atoms with E-state index in [1.54, 1.807) is 14.2 Å². The first-order chi connectivity index (χ1) is 13.2. The van der Waals surface area contributed by atoms with Gasteiger partial charge in [0, 0.05) is 30.4 Å². The first-order valence-electron chi connectivity index (χ1n) is 8.76. The minimum Gasteiger partial charge on any atom is -0.497 e. The van der Waals surface area contributed by atoms with Gasteiger partial charge in [0.1, 0.15) is 29.3 Å². The summed E-state index contributed by atoms with van der Waals surface area (Å²) in [4.78, 5) is 8.60. The molecule has 138 valence electrons. The van der Waals surface area contributed by atoms with E-state index in [-0.39, 0.29) is 0 Å². The Hall–Kier alpha value is -3.24. The van der Waals surface area contributed by atoms with Gasteiger partial charge in [-0.2, -0.15) is 0 Å². The number of ether oxygens (including phenoxy) is 2. The lowest BCUT2D eigenvalue weighted by molar-refractivity contribution is 0.394. The van der Waals surface area contributed by atoms with Crippen LogP contribution in [0.1, 0.15) is 23.6 Å². The minimum atomic E-state index is 0.342. The highest BCUT2D eigenvalue weighted by Gasteiger charge is 2.21. The third-order valence-electron chi connectivity index (χ3n) is 4.76. The zero-order chi connectivity index (χ0) is 18.8. The standard InChI is InChI=1S/C20H21N5O2/c1-26-16-7-13(8-17(9-16)27-2)3-4-14-11-25(15-5-6-22-10-15)20-18(14)19(21)23-12-24-20/h7-9,11-12,15,22H,5-6,10H2,1-2H3,(H2,21,23,24). The van der Waals surface area contributed by atoms with Crippen LogP contribution in [0.25, 0.3) is 11.0 Å². The average molecular weight is 363 g/mol. The van der Waals surface area contributed by atoms with Gasteiger partial charge < -0.3 is 25.1 Å². The van der Waals surface area contributed by atoms with Gasteiger partial charge in [0.2, 0.25) is 0 Å². The zero-order valence-electron chi connectivity index (χ0n) is 15.3. The van der Waals surface area contributed by atoms with Gasteiger partial charge in [-0.25, -0.2) is 9.97 Å². The number of methoxy groups -OCH3 is 2. The molecule has 1 fully saturated rings. The summed E-state index contributed by atoms with van der Waals surface area (Å²) < 4.78 is 12.8. The van der Waals surface area contributed by atoms with Crippen LogP contribution in [0.3, 0.4) is 0 Å². The Bertz CT molecular complexity index is 1020. The Morgan fingerprint density at radius 1 is 1.15 bits per heavy atom. The fourth-order valence-corrected chi connectivity index (χ4v) is 3.38. The van der Waals surface area contributed by atoms with Crippen LogP contribution in [0.5, 0.6) is 11.5 Å². The van der Waals surface area contributed by atoms with Gasteiger partial charge in [-0.1, -0.05) is 11.8 Å². The Morgan fingerprint density at radius 2 is 1.93 bits per heavy atom. The molecule has 7 nitrogen and oxygen atoms in total. The van der Waals surface area contributed by atoms with Crippen molar-refractivity contribution in [2.24, 2.45) is 0 Å². The van der Waals surface area contributed by atoms with E-state index in [0.717, 1.165) is 41.7 Å². The molecule has 3 N–H and O–H groups in total. The Balaban J connectivity index is 1.80. The van der Waals surface area contributed by atoms with Crippen molar-refractivity contribution in [3.05, 3.63) is 41.9 Å². The number of hydrogen-bond donors (Lipinski definition) is 2. The van der Waals surface area contributed by atoms with Crippen LogP contribution in [-0.4, -0.2) is 41.8 Å². The predicted octanol–water partition coefficient (Wildman–Crippen LogP) is 1.96. The molecule has 0 bridgehead atoms. The summed E-state index contributed by atoms with van der Waals surface area (Å²) in [6.45, 7) is 1.91. The summed E-state index contributed by atoms with van der Waals surface area (Å²) >= 11 is 0. The number of nitrogens with zero attached hydrogens (tertiary/aromatic N) is 3. The molecule has 0 radical (unpaired) electrons. The van der Waals surface area contributed by atoms with Crippen molar-refractivity contribution in [1.29, 1.82) is 0 Å². The van der Waals surface area contributed by atoms with Gasteiger partial charge in [0.05, 0.1) is 25.2 Å². The fourth-order valence-electron chi connectivity index (χ4n) is 3.38. The summed E-state index contributed by atoms with van der Waals surface area (Å²) in [5.41, 5.74) is 8.58. The highest BCUT2D eigenvalue weighted by molar-refractivity contribution is 5.92. The molecule has 3 heterocycles. The average Bonchev–Trinajstić information content (AvgIpc) is 3.34. The molecule has 0 spiro atoms. The topological polar surface area (TPSA) is 87.2 Å². The van der Waals surface area contributed by atoms with E-state index < -0.39 is 0 Å². The largest absolute Gasteiger partial charge is 0.497 e. The third kappa shape index (κ3) is 3.27. The van der Waals surface area contributed by atoms with Gasteiger partial charge >= 0.3 is 0 Å². The van der Waals surface area contributed by atoms with Crippen molar-refractivity contribution in [3.8, 4) is 23.3 Å². The summed E-state index contributed by atoms with van der Waals surface area (Å²) in [5, 5.41) is 4.18. The number of hydrogen-bond acceptors (Lipinski definition) is 6. The lowest BCUT2D eigenvalue weighted by Crippen LogP contribution is -2.13. The van der Waals surface area contributed by atoms with Crippen LogP contribution >= 0.6 is 0 Å². The van der Waals surface area contributed by atoms with Crippen molar-refractivity contribution in [2.75, 3.05) is 33.0 Å². The Kier molecular flexibility index (Phi) is 4.57. The van der Waals surface area contributed by atoms with Crippen molar-refractivity contribution >= 4 is 16.9 Å². The molecule has 0 aliphatic carbocycles. The van der Waals surface area contributed by atoms with Crippen LogP contribution in [0.15, 0.2) is 30.7 Å². The first kappa shape index (κ1) is 17.2. The SMILES string of the molecule is COc1cc(C#Cc2cn(C3CCNC3)c3ncnc(N)c23)cc(OC)c1. The van der Waals surface area contributed by atoms with Gasteiger partial charge in [-0.05, 0) is 25.1 Å². The summed E-state index contributed by atoms with van der Waals surface area (Å²) in [6, 6.07) is 5.90. The Morgan fingerprint density at radius 3 is 2.59 bits per heavy atom. The van der Waals surface area contributed by atoms with E-state index in [1.165, 1.54) is 6.33 Å². The third-order valence-corrected chi connectivity index (χ3v) is 4.76. The van der Waals surface area contributed by atoms with Crippen molar-refractivity contribution in [2.45, 2.75) is 12.5 Å². The molecular formula is C20H21N5O2. The molecule has 3 aromatic rings. The minimum absolute atomic E-state index is 0.342. The number of anilines is 1. The van der Waals surface area contributed by atoms with E-state index >= 15 is 0 Å². The zero-order valence-corrected chi connectivity index (χ0v) is 15.3. The van der Waals surface area contributed by atoms with Crippen molar-refractivity contribution in [3.63, 3.8) is 0 Å². The normalized spacial score (nSPS) is 16.1. The van der Waals surface area contributed by atoms with Crippen molar-refractivity contribution < 1.29 is 9.47 Å². The first-order valence-corrected chi connectivity index (χ1v) is 8.76. The van der Waals surface area contributed by atoms with Gasteiger partial charge in [0.25, 0.3) is 0 Å². The number of fused-ring (bicyclic) bond motifs is 1. The second kappa shape index (κ2) is 7.17. The molecule has 27 heavy (non-hydrogen) atoms. The predicted molar refractivity (Wildman–Crippen MR) is 104 cm³/mol. The summed E-state index contributed by atoms with van der Waals surface area (Å²) in [5.74, 6) is 8.25. The maximum atomic E-state index is 6.14. The monoisotopic (exact) mass is 363 g/mol. The molecule has 1 aliphatic heterocycles. The number of nitrogens with two attached hydrogens (primary N) is 1. The second-order valence-electron chi connectivity index (χ2n) is 6.41. The molecule has 1 aromatic carbocycles. The smallest absolute Gasteiger partial charge is 0.147 e. The molecule has 0 saturated carbocycles. The number of benzene rings is 1. The van der Waals surface area contributed by atoms with E-state index in [2.05, 4.69) is 31.7 Å². The van der Waals surface area contributed by atoms with Crippen LogP contribution in [0, 0.1) is 11.8 Å². The van der Waals surface area contributed by atoms with Gasteiger partial charge in [-0.15, -0.1) is 0 Å². The summed E-state index contributed by atoms with van der Waals surface area (Å²) in [7, 11) is 3.24. The molecule has 1 saturated heterocycles. The molecule has 1 atom stereocenters. The van der Waals surface area contributed by atoms with Gasteiger partial charge in [0.15, 0.2) is 0 Å². The van der Waals surface area contributed by atoms with Crippen molar-refractivity contribution in [1.82, 2.24) is 19.9 Å². The maximum Gasteiger partial charge on any atom is 0.147 e. The van der Waals surface area contributed by atoms with Crippen LogP contribution in [-0.2, 0) is 0 Å². The maximum absolute atomic E-state index is 6.14. The molecular weight excluding hydrogens is 342 g/mol.